The molecule has 0 fully saturated rings. The molecule has 3 aromatic rings. The highest BCUT2D eigenvalue weighted by molar-refractivity contribution is 5.94. The number of hydrogen-bond donors (Lipinski definition) is 1. The average molecular weight is 330 g/mol. The summed E-state index contributed by atoms with van der Waals surface area (Å²) >= 11 is 0. The second kappa shape index (κ2) is 7.50. The smallest absolute Gasteiger partial charge is 0.240 e. The molecule has 4 heteroatoms. The van der Waals surface area contributed by atoms with Crippen molar-refractivity contribution in [2.45, 2.75) is 13.5 Å². The van der Waals surface area contributed by atoms with E-state index in [1.54, 1.807) is 24.3 Å². The Hall–Kier alpha value is -3.32. The van der Waals surface area contributed by atoms with E-state index in [2.05, 4.69) is 17.2 Å². The molecule has 0 aliphatic heterocycles. The molecule has 1 heterocycles. The standard InChI is InChI=1S/C21H18N2O2/c1-16(24)18-10-8-17(9-11-18)5-4-13-22-21(25)15-23-14-12-19-6-2-3-7-20(19)23/h2-3,6-12,14H,13,15H2,1H3,(H,22,25). The fraction of sp³-hybridized carbons (Fsp3) is 0.143. The summed E-state index contributed by atoms with van der Waals surface area (Å²) < 4.78 is 1.92. The predicted molar refractivity (Wildman–Crippen MR) is 98.3 cm³/mol. The van der Waals surface area contributed by atoms with Crippen LogP contribution in [0.15, 0.2) is 60.8 Å². The van der Waals surface area contributed by atoms with E-state index >= 15 is 0 Å². The summed E-state index contributed by atoms with van der Waals surface area (Å²) in [5.41, 5.74) is 2.52. The first-order valence-corrected chi connectivity index (χ1v) is 8.04. The van der Waals surface area contributed by atoms with Crippen LogP contribution in [-0.2, 0) is 11.3 Å². The summed E-state index contributed by atoms with van der Waals surface area (Å²) in [7, 11) is 0. The van der Waals surface area contributed by atoms with Crippen molar-refractivity contribution < 1.29 is 9.59 Å². The first kappa shape index (κ1) is 16.5. The Morgan fingerprint density at radius 2 is 1.80 bits per heavy atom. The summed E-state index contributed by atoms with van der Waals surface area (Å²) in [5, 5.41) is 3.91. The van der Waals surface area contributed by atoms with Crippen LogP contribution in [0.5, 0.6) is 0 Å². The number of fused-ring (bicyclic) bond motifs is 1. The van der Waals surface area contributed by atoms with Crippen molar-refractivity contribution in [3.05, 3.63) is 71.9 Å². The predicted octanol–water partition coefficient (Wildman–Crippen LogP) is 3.01. The number of carbonyl (C=O) groups is 2. The monoisotopic (exact) mass is 330 g/mol. The molecule has 4 nitrogen and oxygen atoms in total. The molecule has 0 aliphatic rings. The lowest BCUT2D eigenvalue weighted by atomic mass is 10.1. The number of benzene rings is 2. The lowest BCUT2D eigenvalue weighted by Gasteiger charge is -2.05. The van der Waals surface area contributed by atoms with Crippen LogP contribution in [0.3, 0.4) is 0 Å². The van der Waals surface area contributed by atoms with Crippen LogP contribution in [0.4, 0.5) is 0 Å². The van der Waals surface area contributed by atoms with Gasteiger partial charge in [-0.05, 0) is 36.6 Å². The van der Waals surface area contributed by atoms with Gasteiger partial charge in [0.2, 0.25) is 5.91 Å². The maximum Gasteiger partial charge on any atom is 0.240 e. The molecule has 0 spiro atoms. The van der Waals surface area contributed by atoms with Gasteiger partial charge in [0, 0.05) is 22.8 Å². The summed E-state index contributed by atoms with van der Waals surface area (Å²) in [6.45, 7) is 2.08. The highest BCUT2D eigenvalue weighted by Crippen LogP contribution is 2.14. The maximum absolute atomic E-state index is 12.0. The first-order chi connectivity index (χ1) is 12.1. The third-order valence-corrected chi connectivity index (χ3v) is 3.89. The summed E-state index contributed by atoms with van der Waals surface area (Å²) in [5.74, 6) is 5.84. The van der Waals surface area contributed by atoms with Gasteiger partial charge in [0.05, 0.1) is 6.54 Å². The van der Waals surface area contributed by atoms with E-state index in [1.807, 2.05) is 41.1 Å². The van der Waals surface area contributed by atoms with E-state index in [9.17, 15) is 9.59 Å². The quantitative estimate of drug-likeness (QED) is 0.590. The molecule has 1 N–H and O–H groups in total. The molecular formula is C21H18N2O2. The first-order valence-electron chi connectivity index (χ1n) is 8.04. The van der Waals surface area contributed by atoms with Crippen molar-refractivity contribution in [2.24, 2.45) is 0 Å². The number of amides is 1. The SMILES string of the molecule is CC(=O)c1ccc(C#CCNC(=O)Cn2ccc3ccccc32)cc1. The van der Waals surface area contributed by atoms with Crippen molar-refractivity contribution in [3.8, 4) is 11.8 Å². The number of ketones is 1. The Labute approximate surface area is 146 Å². The minimum Gasteiger partial charge on any atom is -0.344 e. The van der Waals surface area contributed by atoms with E-state index < -0.39 is 0 Å². The molecule has 2 aromatic carbocycles. The van der Waals surface area contributed by atoms with Gasteiger partial charge in [0.25, 0.3) is 0 Å². The lowest BCUT2D eigenvalue weighted by molar-refractivity contribution is -0.121. The van der Waals surface area contributed by atoms with Crippen molar-refractivity contribution in [1.82, 2.24) is 9.88 Å². The van der Waals surface area contributed by atoms with Crippen LogP contribution in [-0.4, -0.2) is 22.8 Å². The topological polar surface area (TPSA) is 51.1 Å². The molecule has 1 amide bonds. The Kier molecular flexibility index (Phi) is 4.96. The molecule has 124 valence electrons. The zero-order valence-electron chi connectivity index (χ0n) is 14.0. The molecule has 0 aliphatic carbocycles. The maximum atomic E-state index is 12.0. The van der Waals surface area contributed by atoms with Gasteiger partial charge in [-0.3, -0.25) is 9.59 Å². The van der Waals surface area contributed by atoms with E-state index in [1.165, 1.54) is 6.92 Å². The third kappa shape index (κ3) is 4.15. The number of rotatable bonds is 4. The van der Waals surface area contributed by atoms with Crippen LogP contribution in [0.25, 0.3) is 10.9 Å². The van der Waals surface area contributed by atoms with Crippen molar-refractivity contribution in [2.75, 3.05) is 6.54 Å². The summed E-state index contributed by atoms with van der Waals surface area (Å²) in [4.78, 5) is 23.3. The van der Waals surface area contributed by atoms with Gasteiger partial charge in [-0.2, -0.15) is 0 Å². The zero-order valence-corrected chi connectivity index (χ0v) is 14.0. The zero-order chi connectivity index (χ0) is 17.6. The molecule has 0 bridgehead atoms. The van der Waals surface area contributed by atoms with Crippen molar-refractivity contribution in [3.63, 3.8) is 0 Å². The lowest BCUT2D eigenvalue weighted by Crippen LogP contribution is -2.27. The van der Waals surface area contributed by atoms with Crippen LogP contribution in [0.1, 0.15) is 22.8 Å². The van der Waals surface area contributed by atoms with E-state index in [0.29, 0.717) is 5.56 Å². The Bertz CT molecular complexity index is 972. The number of para-hydroxylation sites is 1. The Morgan fingerprint density at radius 1 is 1.04 bits per heavy atom. The number of aromatic nitrogens is 1. The molecule has 3 rings (SSSR count). The van der Waals surface area contributed by atoms with Crippen LogP contribution < -0.4 is 5.32 Å². The second-order valence-corrected chi connectivity index (χ2v) is 5.71. The van der Waals surface area contributed by atoms with Crippen LogP contribution in [0, 0.1) is 11.8 Å². The molecule has 0 radical (unpaired) electrons. The normalized spacial score (nSPS) is 10.1. The molecule has 25 heavy (non-hydrogen) atoms. The van der Waals surface area contributed by atoms with Gasteiger partial charge < -0.3 is 9.88 Å². The summed E-state index contributed by atoms with van der Waals surface area (Å²) in [6, 6.07) is 17.1. The number of Topliss-reactive ketones (excluding diaryl/α,β-unsaturated/α-hetero) is 1. The molecule has 0 saturated carbocycles. The third-order valence-electron chi connectivity index (χ3n) is 3.89. The highest BCUT2D eigenvalue weighted by Gasteiger charge is 2.04. The molecule has 0 saturated heterocycles. The summed E-state index contributed by atoms with van der Waals surface area (Å²) in [6.07, 6.45) is 1.91. The van der Waals surface area contributed by atoms with E-state index in [-0.39, 0.29) is 24.8 Å². The molecule has 0 unspecified atom stereocenters. The van der Waals surface area contributed by atoms with Gasteiger partial charge in [0.15, 0.2) is 5.78 Å². The molecular weight excluding hydrogens is 312 g/mol. The molecule has 0 atom stereocenters. The van der Waals surface area contributed by atoms with Crippen molar-refractivity contribution >= 4 is 22.6 Å². The largest absolute Gasteiger partial charge is 0.344 e. The molecule has 1 aromatic heterocycles. The van der Waals surface area contributed by atoms with Crippen molar-refractivity contribution in [1.29, 1.82) is 0 Å². The van der Waals surface area contributed by atoms with Crippen LogP contribution >= 0.6 is 0 Å². The minimum absolute atomic E-state index is 0.0318. The number of carbonyl (C=O) groups excluding carboxylic acids is 2. The fourth-order valence-electron chi connectivity index (χ4n) is 2.57. The van der Waals surface area contributed by atoms with Gasteiger partial charge in [-0.1, -0.05) is 42.2 Å². The van der Waals surface area contributed by atoms with E-state index in [4.69, 9.17) is 0 Å². The van der Waals surface area contributed by atoms with Gasteiger partial charge in [0.1, 0.15) is 6.54 Å². The fourth-order valence-corrected chi connectivity index (χ4v) is 2.57. The number of nitrogens with one attached hydrogen (secondary N) is 1. The Morgan fingerprint density at radius 3 is 2.56 bits per heavy atom. The highest BCUT2D eigenvalue weighted by atomic mass is 16.2. The number of nitrogens with zero attached hydrogens (tertiary/aromatic N) is 1. The minimum atomic E-state index is -0.0809. The average Bonchev–Trinajstić information content (AvgIpc) is 3.02. The van der Waals surface area contributed by atoms with Gasteiger partial charge >= 0.3 is 0 Å². The van der Waals surface area contributed by atoms with Crippen LogP contribution in [0.2, 0.25) is 0 Å². The van der Waals surface area contributed by atoms with Gasteiger partial charge in [-0.15, -0.1) is 0 Å². The second-order valence-electron chi connectivity index (χ2n) is 5.71. The number of hydrogen-bond acceptors (Lipinski definition) is 2. The van der Waals surface area contributed by atoms with Gasteiger partial charge in [-0.25, -0.2) is 0 Å². The van der Waals surface area contributed by atoms with E-state index in [0.717, 1.165) is 16.5 Å². The Balaban J connectivity index is 1.54.